The Morgan fingerprint density at radius 3 is 3.19 bits per heavy atom. The van der Waals surface area contributed by atoms with Gasteiger partial charge in [0.1, 0.15) is 5.42 Å². The zero-order valence-electron chi connectivity index (χ0n) is 8.83. The van der Waals surface area contributed by atoms with E-state index < -0.39 is 5.97 Å². The van der Waals surface area contributed by atoms with Crippen molar-refractivity contribution < 1.29 is 13.9 Å². The standard InChI is InChI=1S/C12H11BrO3/c1-2-15-12(14)10-7-8-5-3-4-6-9(13)11(8)16-10/h4-7H,2-3H2,1H3. The number of rotatable bonds is 2. The molecule has 0 bridgehead atoms. The fourth-order valence-electron chi connectivity index (χ4n) is 1.49. The maximum Gasteiger partial charge on any atom is 0.374 e. The van der Waals surface area contributed by atoms with Crippen LogP contribution in [0, 0.1) is 0 Å². The number of ether oxygens (including phenoxy) is 1. The molecule has 3 nitrogen and oxygen atoms in total. The summed E-state index contributed by atoms with van der Waals surface area (Å²) in [6.45, 7) is 2.11. The summed E-state index contributed by atoms with van der Waals surface area (Å²) in [4.78, 5) is 11.5. The first-order chi connectivity index (χ1) is 7.72. The average Bonchev–Trinajstić information content (AvgIpc) is 2.62. The fourth-order valence-corrected chi connectivity index (χ4v) is 1.99. The van der Waals surface area contributed by atoms with Crippen molar-refractivity contribution in [3.63, 3.8) is 0 Å². The van der Waals surface area contributed by atoms with Gasteiger partial charge in [-0.1, -0.05) is 12.2 Å². The minimum absolute atomic E-state index is 0.246. The molecule has 0 amide bonds. The lowest BCUT2D eigenvalue weighted by molar-refractivity contribution is 0.0488. The summed E-state index contributed by atoms with van der Waals surface area (Å²) < 4.78 is 11.2. The Hall–Kier alpha value is -1.29. The first-order valence-electron chi connectivity index (χ1n) is 5.06. The number of fused-ring (bicyclic) bond motifs is 1. The van der Waals surface area contributed by atoms with Crippen LogP contribution < -0.4 is 10.6 Å². The van der Waals surface area contributed by atoms with Crippen LogP contribution in [-0.4, -0.2) is 12.6 Å². The van der Waals surface area contributed by atoms with Crippen molar-refractivity contribution in [3.05, 3.63) is 34.6 Å². The molecule has 0 N–H and O–H groups in total. The molecule has 0 aliphatic heterocycles. The largest absolute Gasteiger partial charge is 0.460 e. The lowest BCUT2D eigenvalue weighted by atomic mass is 10.3. The van der Waals surface area contributed by atoms with E-state index in [2.05, 4.69) is 15.9 Å². The van der Waals surface area contributed by atoms with Gasteiger partial charge in [0, 0.05) is 5.22 Å². The van der Waals surface area contributed by atoms with E-state index in [1.54, 1.807) is 13.0 Å². The van der Waals surface area contributed by atoms with Crippen molar-refractivity contribution in [2.45, 2.75) is 13.3 Å². The molecule has 0 saturated carbocycles. The summed E-state index contributed by atoms with van der Waals surface area (Å²) >= 11 is 3.40. The minimum atomic E-state index is -0.423. The normalized spacial score (nSPS) is 14.0. The zero-order valence-corrected chi connectivity index (χ0v) is 10.4. The summed E-state index contributed by atoms with van der Waals surface area (Å²) in [5.74, 6) is -0.177. The van der Waals surface area contributed by atoms with Gasteiger partial charge in [0.25, 0.3) is 0 Å². The van der Waals surface area contributed by atoms with Gasteiger partial charge < -0.3 is 9.15 Å². The molecule has 16 heavy (non-hydrogen) atoms. The predicted molar refractivity (Wildman–Crippen MR) is 64.5 cm³/mol. The van der Waals surface area contributed by atoms with Gasteiger partial charge in [-0.25, -0.2) is 4.79 Å². The monoisotopic (exact) mass is 282 g/mol. The van der Waals surface area contributed by atoms with Crippen LogP contribution in [0.4, 0.5) is 0 Å². The molecule has 0 atom stereocenters. The first-order valence-corrected chi connectivity index (χ1v) is 5.85. The van der Waals surface area contributed by atoms with Crippen molar-refractivity contribution in [1.82, 2.24) is 0 Å². The molecule has 2 rings (SSSR count). The molecular formula is C12H11BrO3. The van der Waals surface area contributed by atoms with Crippen molar-refractivity contribution >= 4 is 32.5 Å². The van der Waals surface area contributed by atoms with Crippen molar-refractivity contribution in [2.24, 2.45) is 0 Å². The quantitative estimate of drug-likeness (QED) is 0.775. The van der Waals surface area contributed by atoms with E-state index in [-0.39, 0.29) is 5.76 Å². The number of allylic oxidation sites excluding steroid dienone is 2. The second-order valence-electron chi connectivity index (χ2n) is 3.31. The third-order valence-electron chi connectivity index (χ3n) is 2.19. The number of hydrogen-bond donors (Lipinski definition) is 0. The highest BCUT2D eigenvalue weighted by molar-refractivity contribution is 9.15. The van der Waals surface area contributed by atoms with Gasteiger partial charge in [-0.05, 0) is 41.4 Å². The molecule has 0 aromatic carbocycles. The van der Waals surface area contributed by atoms with Crippen LogP contribution in [0.2, 0.25) is 0 Å². The third-order valence-corrected chi connectivity index (χ3v) is 2.82. The lowest BCUT2D eigenvalue weighted by Gasteiger charge is -1.95. The average molecular weight is 283 g/mol. The number of hydrogen-bond acceptors (Lipinski definition) is 3. The SMILES string of the molecule is CCOC(=O)c1cc2c(o1)=C(Br)C=CCC=2. The molecule has 1 aliphatic carbocycles. The molecule has 0 spiro atoms. The Morgan fingerprint density at radius 2 is 2.44 bits per heavy atom. The lowest BCUT2D eigenvalue weighted by Crippen LogP contribution is -2.19. The van der Waals surface area contributed by atoms with Crippen LogP contribution in [0.1, 0.15) is 23.9 Å². The van der Waals surface area contributed by atoms with Gasteiger partial charge in [0.05, 0.1) is 11.1 Å². The number of halogens is 1. The van der Waals surface area contributed by atoms with Crippen LogP contribution in [-0.2, 0) is 4.74 Å². The van der Waals surface area contributed by atoms with Crippen molar-refractivity contribution in [1.29, 1.82) is 0 Å². The molecule has 4 heteroatoms. The van der Waals surface area contributed by atoms with Gasteiger partial charge in [-0.2, -0.15) is 0 Å². The molecule has 1 heterocycles. The second kappa shape index (κ2) is 4.70. The van der Waals surface area contributed by atoms with Crippen LogP contribution >= 0.6 is 15.9 Å². The Morgan fingerprint density at radius 1 is 1.62 bits per heavy atom. The van der Waals surface area contributed by atoms with Crippen molar-refractivity contribution in [3.8, 4) is 0 Å². The maximum absolute atomic E-state index is 11.5. The molecule has 0 saturated heterocycles. The van der Waals surface area contributed by atoms with Gasteiger partial charge in [-0.3, -0.25) is 0 Å². The van der Waals surface area contributed by atoms with E-state index >= 15 is 0 Å². The van der Waals surface area contributed by atoms with E-state index in [0.29, 0.717) is 12.0 Å². The summed E-state index contributed by atoms with van der Waals surface area (Å²) in [5, 5.41) is 0.917. The minimum Gasteiger partial charge on any atom is -0.460 e. The van der Waals surface area contributed by atoms with Crippen molar-refractivity contribution in [2.75, 3.05) is 6.61 Å². The van der Waals surface area contributed by atoms with Crippen LogP contribution in [0.5, 0.6) is 0 Å². The Bertz CT molecular complexity index is 551. The van der Waals surface area contributed by atoms with Crippen LogP contribution in [0.15, 0.2) is 22.6 Å². The molecule has 1 aromatic rings. The van der Waals surface area contributed by atoms with Gasteiger partial charge in [-0.15, -0.1) is 0 Å². The highest BCUT2D eigenvalue weighted by Crippen LogP contribution is 2.09. The van der Waals surface area contributed by atoms with E-state index in [0.717, 1.165) is 16.1 Å². The fraction of sp³-hybridized carbons (Fsp3) is 0.250. The Kier molecular flexibility index (Phi) is 3.29. The molecule has 0 fully saturated rings. The first kappa shape index (κ1) is 11.2. The topological polar surface area (TPSA) is 39.4 Å². The second-order valence-corrected chi connectivity index (χ2v) is 4.16. The summed E-state index contributed by atoms with van der Waals surface area (Å²) in [6.07, 6.45) is 6.76. The maximum atomic E-state index is 11.5. The molecule has 1 aromatic heterocycles. The molecule has 1 aliphatic rings. The summed E-state index contributed by atoms with van der Waals surface area (Å²) in [6, 6.07) is 1.71. The highest BCUT2D eigenvalue weighted by atomic mass is 79.9. The molecule has 84 valence electrons. The molecule has 0 radical (unpaired) electrons. The highest BCUT2D eigenvalue weighted by Gasteiger charge is 2.12. The predicted octanol–water partition coefficient (Wildman–Crippen LogP) is 1.70. The van der Waals surface area contributed by atoms with Gasteiger partial charge in [0.15, 0.2) is 0 Å². The summed E-state index contributed by atoms with van der Waals surface area (Å²) in [5.41, 5.74) is 0.678. The van der Waals surface area contributed by atoms with Gasteiger partial charge >= 0.3 is 5.97 Å². The van der Waals surface area contributed by atoms with E-state index in [1.807, 2.05) is 18.2 Å². The smallest absolute Gasteiger partial charge is 0.374 e. The Labute approximate surface area is 101 Å². The Balaban J connectivity index is 2.52. The van der Waals surface area contributed by atoms with E-state index in [9.17, 15) is 4.79 Å². The number of carbonyl (C=O) groups is 1. The van der Waals surface area contributed by atoms with Crippen LogP contribution in [0.3, 0.4) is 0 Å². The number of furan rings is 1. The molecular weight excluding hydrogens is 272 g/mol. The third kappa shape index (κ3) is 2.11. The van der Waals surface area contributed by atoms with Gasteiger partial charge in [0.2, 0.25) is 5.76 Å². The zero-order chi connectivity index (χ0) is 11.5. The number of carbonyl (C=O) groups excluding carboxylic acids is 1. The van der Waals surface area contributed by atoms with E-state index in [1.165, 1.54) is 0 Å². The van der Waals surface area contributed by atoms with Crippen LogP contribution in [0.25, 0.3) is 10.6 Å². The van der Waals surface area contributed by atoms with E-state index in [4.69, 9.17) is 9.15 Å². The number of esters is 1. The summed E-state index contributed by atoms with van der Waals surface area (Å²) in [7, 11) is 0. The molecule has 0 unspecified atom stereocenters.